The van der Waals surface area contributed by atoms with Gasteiger partial charge in [-0.25, -0.2) is 9.47 Å². The van der Waals surface area contributed by atoms with Gasteiger partial charge in [-0.1, -0.05) is 44.5 Å². The summed E-state index contributed by atoms with van der Waals surface area (Å²) in [6, 6.07) is 8.96. The molecule has 0 saturated heterocycles. The first-order valence-electron chi connectivity index (χ1n) is 12.6. The van der Waals surface area contributed by atoms with Gasteiger partial charge in [0.1, 0.15) is 16.9 Å². The molecule has 0 N–H and O–H groups in total. The minimum absolute atomic E-state index is 0.0737. The molecule has 0 amide bonds. The second kappa shape index (κ2) is 14.0. The van der Waals surface area contributed by atoms with Gasteiger partial charge in [-0.3, -0.25) is 4.79 Å². The summed E-state index contributed by atoms with van der Waals surface area (Å²) in [6.07, 6.45) is -40.4. The van der Waals surface area contributed by atoms with Crippen molar-refractivity contribution in [2.75, 3.05) is 0 Å². The highest BCUT2D eigenvalue weighted by Crippen LogP contribution is 2.56. The summed E-state index contributed by atoms with van der Waals surface area (Å²) in [5, 5.41) is -0.944. The normalized spacial score (nSPS) is 15.9. The first kappa shape index (κ1) is 41.0. The van der Waals surface area contributed by atoms with Gasteiger partial charge in [0.25, 0.3) is 0 Å². The Balaban J connectivity index is 2.13. The lowest BCUT2D eigenvalue weighted by atomic mass is 10.0. The summed E-state index contributed by atoms with van der Waals surface area (Å²) < 4.78 is 224. The Labute approximate surface area is 263 Å². The van der Waals surface area contributed by atoms with Crippen molar-refractivity contribution in [3.8, 4) is 22.6 Å². The van der Waals surface area contributed by atoms with Crippen LogP contribution in [0.1, 0.15) is 20.3 Å². The Kier molecular flexibility index (Phi) is 11.9. The van der Waals surface area contributed by atoms with Crippen molar-refractivity contribution in [3.05, 3.63) is 48.5 Å². The lowest BCUT2D eigenvalue weighted by Crippen LogP contribution is -2.64. The highest BCUT2D eigenvalue weighted by atomic mass is 35.5. The zero-order chi connectivity index (χ0) is 37.3. The van der Waals surface area contributed by atoms with E-state index in [0.717, 1.165) is 24.3 Å². The molecule has 3 atom stereocenters. The minimum atomic E-state index is -8.02. The molecule has 0 heterocycles. The Morgan fingerprint density at radius 2 is 1.08 bits per heavy atom. The van der Waals surface area contributed by atoms with E-state index >= 15 is 0 Å². The summed E-state index contributed by atoms with van der Waals surface area (Å²) >= 11 is 6.00. The van der Waals surface area contributed by atoms with Gasteiger partial charge in [-0.2, -0.15) is 70.2 Å². The molecule has 2 aromatic carbocycles. The number of hydrogen-bond acceptors (Lipinski definition) is 5. The maximum absolute atomic E-state index is 14.0. The molecule has 272 valence electrons. The molecule has 5 nitrogen and oxygen atoms in total. The lowest BCUT2D eigenvalue weighted by Gasteiger charge is -2.36. The maximum atomic E-state index is 14.0. The van der Waals surface area contributed by atoms with Crippen LogP contribution in [-0.2, 0) is 14.3 Å². The van der Waals surface area contributed by atoms with Crippen LogP contribution in [0.2, 0.25) is 0 Å². The quantitative estimate of drug-likeness (QED) is 0.0786. The fraction of sp³-hybridized carbons (Fsp3) is 0.500. The topological polar surface area (TPSA) is 54.0 Å². The Bertz CT molecular complexity index is 1380. The van der Waals surface area contributed by atoms with Gasteiger partial charge in [0, 0.05) is 0 Å². The summed E-state index contributed by atoms with van der Waals surface area (Å²) in [7, 11) is 0. The third-order valence-corrected chi connectivity index (χ3v) is 6.72. The second-order valence-electron chi connectivity index (χ2n) is 9.65. The van der Waals surface area contributed by atoms with E-state index < -0.39 is 65.9 Å². The summed E-state index contributed by atoms with van der Waals surface area (Å²) in [5.74, 6) is -17.7. The van der Waals surface area contributed by atoms with Crippen molar-refractivity contribution in [1.82, 2.24) is 0 Å². The summed E-state index contributed by atoms with van der Waals surface area (Å²) in [4.78, 5) is 12.1. The monoisotopic (exact) mass is 750 g/mol. The molecule has 22 heteroatoms. The molecule has 0 aliphatic heterocycles. The summed E-state index contributed by atoms with van der Waals surface area (Å²) in [6.45, 7) is 3.52. The first-order chi connectivity index (χ1) is 21.5. The Hall–Kier alpha value is -3.20. The number of carbonyl (C=O) groups excluding carboxylic acids is 1. The molecule has 48 heavy (non-hydrogen) atoms. The van der Waals surface area contributed by atoms with E-state index in [1.165, 1.54) is 29.0 Å². The van der Waals surface area contributed by atoms with E-state index in [1.54, 1.807) is 13.8 Å². The van der Waals surface area contributed by atoms with E-state index in [-0.39, 0.29) is 17.2 Å². The van der Waals surface area contributed by atoms with E-state index in [2.05, 4.69) is 9.47 Å². The molecule has 0 saturated carbocycles. The molecule has 0 spiro atoms. The minimum Gasteiger partial charge on any atom is -0.452 e. The molecule has 0 radical (unpaired) electrons. The molecule has 0 aliphatic carbocycles. The number of hydrogen-bond donors (Lipinski definition) is 0. The third kappa shape index (κ3) is 8.68. The van der Waals surface area contributed by atoms with Crippen molar-refractivity contribution >= 4 is 17.6 Å². The van der Waals surface area contributed by atoms with Gasteiger partial charge >= 0.3 is 54.8 Å². The molecule has 0 aliphatic rings. The average Bonchev–Trinajstić information content (AvgIpc) is 2.95. The largest absolute Gasteiger partial charge is 0.460 e. The van der Waals surface area contributed by atoms with Crippen LogP contribution in [0.3, 0.4) is 0 Å². The number of rotatable bonds is 15. The first-order valence-corrected chi connectivity index (χ1v) is 13.1. The standard InChI is InChI=1S/C26H19ClF16O5/c1-3-12(2)17(27)18(44)45-15-8-4-13(5-9-15)14-6-10-16(11-7-14)46-19(28)20(29,30)47-25(40,41)26(42,43)48-24(38,39)22(33,34)21(31,32)23(35,36)37/h4-12,17,19H,3H2,1-2H3. The maximum Gasteiger partial charge on any atom is 0.460 e. The number of alkyl halides is 17. The van der Waals surface area contributed by atoms with Crippen LogP contribution in [0, 0.1) is 5.92 Å². The smallest absolute Gasteiger partial charge is 0.452 e. The van der Waals surface area contributed by atoms with Crippen molar-refractivity contribution in [3.63, 3.8) is 0 Å². The molecular weight excluding hydrogens is 732 g/mol. The van der Waals surface area contributed by atoms with Crippen molar-refractivity contribution in [2.45, 2.75) is 74.5 Å². The molecule has 3 unspecified atom stereocenters. The number of carbonyl (C=O) groups is 1. The number of ether oxygens (including phenoxy) is 4. The zero-order valence-corrected chi connectivity index (χ0v) is 24.3. The van der Waals surface area contributed by atoms with Crippen LogP contribution in [0.4, 0.5) is 70.2 Å². The van der Waals surface area contributed by atoms with Gasteiger partial charge in [0.2, 0.25) is 0 Å². The van der Waals surface area contributed by atoms with E-state index in [1.807, 2.05) is 0 Å². The third-order valence-electron chi connectivity index (χ3n) is 6.11. The number of halogens is 17. The van der Waals surface area contributed by atoms with Crippen LogP contribution in [0.25, 0.3) is 11.1 Å². The van der Waals surface area contributed by atoms with Gasteiger partial charge in [0.15, 0.2) is 0 Å². The molecular formula is C26H19ClF16O5. The SMILES string of the molecule is CCC(C)C(Cl)C(=O)Oc1ccc(-c2ccc(OC(F)C(F)(F)OC(F)(F)C(F)(F)OC(F)(F)C(F)(F)C(F)(F)C(F)(F)F)cc2)cc1. The molecule has 0 aromatic heterocycles. The van der Waals surface area contributed by atoms with Crippen molar-refractivity contribution in [1.29, 1.82) is 0 Å². The highest BCUT2D eigenvalue weighted by molar-refractivity contribution is 6.30. The molecule has 0 fully saturated rings. The second-order valence-corrected chi connectivity index (χ2v) is 10.1. The van der Waals surface area contributed by atoms with E-state index in [0.29, 0.717) is 12.0 Å². The fourth-order valence-corrected chi connectivity index (χ4v) is 3.39. The van der Waals surface area contributed by atoms with Crippen LogP contribution in [0.15, 0.2) is 48.5 Å². The Morgan fingerprint density at radius 1 is 0.667 bits per heavy atom. The van der Waals surface area contributed by atoms with E-state index in [9.17, 15) is 75.0 Å². The van der Waals surface area contributed by atoms with Crippen LogP contribution < -0.4 is 9.47 Å². The van der Waals surface area contributed by atoms with Gasteiger partial charge in [0.05, 0.1) is 0 Å². The number of benzene rings is 2. The van der Waals surface area contributed by atoms with Gasteiger partial charge in [-0.05, 0) is 41.3 Å². The predicted molar refractivity (Wildman–Crippen MR) is 130 cm³/mol. The zero-order valence-electron chi connectivity index (χ0n) is 23.5. The average molecular weight is 751 g/mol. The van der Waals surface area contributed by atoms with E-state index in [4.69, 9.17) is 16.3 Å². The number of esters is 1. The summed E-state index contributed by atoms with van der Waals surface area (Å²) in [5.41, 5.74) is 0.596. The molecule has 0 bridgehead atoms. The molecule has 2 rings (SSSR count). The Morgan fingerprint density at radius 3 is 1.50 bits per heavy atom. The van der Waals surface area contributed by atoms with Crippen LogP contribution in [0.5, 0.6) is 11.5 Å². The van der Waals surface area contributed by atoms with Gasteiger partial charge in [-0.15, -0.1) is 11.6 Å². The van der Waals surface area contributed by atoms with Crippen LogP contribution >= 0.6 is 11.6 Å². The highest BCUT2D eigenvalue weighted by Gasteiger charge is 2.85. The van der Waals surface area contributed by atoms with Gasteiger partial charge < -0.3 is 9.47 Å². The predicted octanol–water partition coefficient (Wildman–Crippen LogP) is 9.82. The van der Waals surface area contributed by atoms with Crippen molar-refractivity contribution in [2.24, 2.45) is 5.92 Å². The molecule has 2 aromatic rings. The fourth-order valence-electron chi connectivity index (χ4n) is 3.16. The van der Waals surface area contributed by atoms with Crippen LogP contribution in [-0.4, -0.2) is 60.2 Å². The lowest BCUT2D eigenvalue weighted by molar-refractivity contribution is -0.547. The van der Waals surface area contributed by atoms with Crippen molar-refractivity contribution < 1.29 is 94.0 Å².